The molecule has 1 aromatic rings. The SMILES string of the molecule is CC(C)(C)C1CCC23OC(=N)C(C#N)(C2C1)C(C#N)(C#N)C(c1ccccc1)O3. The van der Waals surface area contributed by atoms with Crippen LogP contribution in [0.15, 0.2) is 30.3 Å². The normalized spacial score (nSPS) is 37.4. The maximum Gasteiger partial charge on any atom is 0.217 e. The second-order valence-corrected chi connectivity index (χ2v) is 9.49. The molecule has 2 aliphatic heterocycles. The van der Waals surface area contributed by atoms with Gasteiger partial charge in [-0.25, -0.2) is 0 Å². The zero-order chi connectivity index (χ0) is 21.1. The Labute approximate surface area is 171 Å². The van der Waals surface area contributed by atoms with Gasteiger partial charge in [0.1, 0.15) is 6.10 Å². The molecule has 2 heterocycles. The molecule has 2 bridgehead atoms. The summed E-state index contributed by atoms with van der Waals surface area (Å²) in [5.74, 6) is -1.72. The van der Waals surface area contributed by atoms with Crippen LogP contribution in [-0.2, 0) is 9.47 Å². The summed E-state index contributed by atoms with van der Waals surface area (Å²) in [6, 6.07) is 15.5. The molecule has 1 aliphatic carbocycles. The summed E-state index contributed by atoms with van der Waals surface area (Å²) in [7, 11) is 0. The van der Waals surface area contributed by atoms with Crippen molar-refractivity contribution in [2.45, 2.75) is 51.9 Å². The molecule has 0 radical (unpaired) electrons. The Kier molecular flexibility index (Phi) is 4.06. The van der Waals surface area contributed by atoms with E-state index in [0.29, 0.717) is 18.4 Å². The number of benzene rings is 1. The molecular weight excluding hydrogens is 364 g/mol. The Morgan fingerprint density at radius 2 is 1.72 bits per heavy atom. The van der Waals surface area contributed by atoms with E-state index in [1.165, 1.54) is 0 Å². The zero-order valence-corrected chi connectivity index (χ0v) is 16.9. The highest BCUT2D eigenvalue weighted by molar-refractivity contribution is 5.89. The minimum Gasteiger partial charge on any atom is -0.447 e. The summed E-state index contributed by atoms with van der Waals surface area (Å²) in [4.78, 5) is 0. The Morgan fingerprint density at radius 1 is 1.07 bits per heavy atom. The van der Waals surface area contributed by atoms with E-state index in [1.807, 2.05) is 18.2 Å². The van der Waals surface area contributed by atoms with Gasteiger partial charge in [-0.2, -0.15) is 15.8 Å². The number of nitrogens with one attached hydrogen (secondary N) is 1. The van der Waals surface area contributed by atoms with Crippen LogP contribution in [0.4, 0.5) is 0 Å². The quantitative estimate of drug-likeness (QED) is 0.762. The number of rotatable bonds is 1. The molecule has 0 aromatic heterocycles. The Morgan fingerprint density at radius 3 is 2.28 bits per heavy atom. The van der Waals surface area contributed by atoms with Gasteiger partial charge in [0, 0.05) is 6.42 Å². The molecule has 1 aromatic carbocycles. The third-order valence-electron chi connectivity index (χ3n) is 7.24. The minimum absolute atomic E-state index is 0.00187. The largest absolute Gasteiger partial charge is 0.447 e. The molecule has 29 heavy (non-hydrogen) atoms. The van der Waals surface area contributed by atoms with Crippen LogP contribution in [-0.4, -0.2) is 11.7 Å². The third-order valence-corrected chi connectivity index (χ3v) is 7.24. The molecule has 5 unspecified atom stereocenters. The molecule has 1 saturated carbocycles. The first-order chi connectivity index (χ1) is 13.7. The maximum absolute atomic E-state index is 10.4. The van der Waals surface area contributed by atoms with E-state index in [4.69, 9.17) is 14.9 Å². The van der Waals surface area contributed by atoms with Crippen LogP contribution in [0.5, 0.6) is 0 Å². The number of nitriles is 3. The molecule has 0 amide bonds. The lowest BCUT2D eigenvalue weighted by Crippen LogP contribution is -2.61. The van der Waals surface area contributed by atoms with Crippen LogP contribution < -0.4 is 0 Å². The van der Waals surface area contributed by atoms with E-state index in [9.17, 15) is 15.8 Å². The van der Waals surface area contributed by atoms with Crippen molar-refractivity contribution in [1.29, 1.82) is 21.2 Å². The summed E-state index contributed by atoms with van der Waals surface area (Å²) in [5.41, 5.74) is -2.90. The Balaban J connectivity index is 1.95. The fourth-order valence-electron chi connectivity index (χ4n) is 5.55. The predicted molar refractivity (Wildman–Crippen MR) is 104 cm³/mol. The summed E-state index contributed by atoms with van der Waals surface area (Å²) >= 11 is 0. The molecule has 148 valence electrons. The highest BCUT2D eigenvalue weighted by Gasteiger charge is 2.81. The first-order valence-electron chi connectivity index (χ1n) is 9.95. The first kappa shape index (κ1) is 19.4. The topological polar surface area (TPSA) is 114 Å². The van der Waals surface area contributed by atoms with E-state index in [2.05, 4.69) is 39.0 Å². The van der Waals surface area contributed by atoms with E-state index in [0.717, 1.165) is 6.42 Å². The van der Waals surface area contributed by atoms with Crippen molar-refractivity contribution >= 4 is 5.90 Å². The third kappa shape index (κ3) is 2.26. The molecule has 3 aliphatic rings. The molecule has 1 N–H and O–H groups in total. The molecule has 0 spiro atoms. The van der Waals surface area contributed by atoms with Crippen LogP contribution in [0.25, 0.3) is 0 Å². The molecule has 2 saturated heterocycles. The highest BCUT2D eigenvalue weighted by atomic mass is 16.7. The smallest absolute Gasteiger partial charge is 0.217 e. The van der Waals surface area contributed by atoms with Gasteiger partial charge in [-0.3, -0.25) is 5.41 Å². The Hall–Kier alpha value is -2.88. The van der Waals surface area contributed by atoms with Gasteiger partial charge in [-0.1, -0.05) is 51.1 Å². The fourth-order valence-corrected chi connectivity index (χ4v) is 5.55. The van der Waals surface area contributed by atoms with E-state index in [-0.39, 0.29) is 17.2 Å². The van der Waals surface area contributed by atoms with Crippen molar-refractivity contribution in [3.05, 3.63) is 35.9 Å². The monoisotopic (exact) mass is 388 g/mol. The number of hydrogen-bond donors (Lipinski definition) is 1. The van der Waals surface area contributed by atoms with Crippen molar-refractivity contribution in [1.82, 2.24) is 0 Å². The minimum atomic E-state index is -1.87. The first-order valence-corrected chi connectivity index (χ1v) is 9.95. The standard InChI is InChI=1S/C23H24N4O2/c1-20(2,3)16-9-10-23-17(11-16)22(14-26,19(27)29-23)21(12-24,13-25)18(28-23)15-7-5-4-6-8-15/h4-8,16-18,27H,9-11H2,1-3H3. The fraction of sp³-hybridized carbons (Fsp3) is 0.565. The average Bonchev–Trinajstić information content (AvgIpc) is 2.91. The molecule has 6 nitrogen and oxygen atoms in total. The van der Waals surface area contributed by atoms with Crippen molar-refractivity contribution in [3.63, 3.8) is 0 Å². The van der Waals surface area contributed by atoms with Crippen molar-refractivity contribution < 1.29 is 9.47 Å². The average molecular weight is 388 g/mol. The molecule has 5 atom stereocenters. The lowest BCUT2D eigenvalue weighted by Gasteiger charge is -2.54. The number of nitrogens with zero attached hydrogens (tertiary/aromatic N) is 3. The predicted octanol–water partition coefficient (Wildman–Crippen LogP) is 4.47. The lowest BCUT2D eigenvalue weighted by atomic mass is 9.49. The van der Waals surface area contributed by atoms with Crippen molar-refractivity contribution in [2.24, 2.45) is 28.1 Å². The second kappa shape index (κ2) is 6.06. The maximum atomic E-state index is 10.4. The van der Waals surface area contributed by atoms with Gasteiger partial charge in [0.25, 0.3) is 0 Å². The van der Waals surface area contributed by atoms with E-state index >= 15 is 0 Å². The van der Waals surface area contributed by atoms with Crippen LogP contribution in [0.3, 0.4) is 0 Å². The van der Waals surface area contributed by atoms with Gasteiger partial charge in [0.05, 0.1) is 24.1 Å². The molecular formula is C23H24N4O2. The van der Waals surface area contributed by atoms with Gasteiger partial charge < -0.3 is 9.47 Å². The summed E-state index contributed by atoms with van der Waals surface area (Å²) in [5, 5.41) is 39.6. The lowest BCUT2D eigenvalue weighted by molar-refractivity contribution is -0.301. The van der Waals surface area contributed by atoms with Gasteiger partial charge in [0.2, 0.25) is 17.1 Å². The van der Waals surface area contributed by atoms with Crippen LogP contribution in [0.2, 0.25) is 0 Å². The van der Waals surface area contributed by atoms with E-state index < -0.39 is 28.6 Å². The summed E-state index contributed by atoms with van der Waals surface area (Å²) in [6.45, 7) is 6.46. The highest BCUT2D eigenvalue weighted by Crippen LogP contribution is 2.70. The van der Waals surface area contributed by atoms with Crippen LogP contribution in [0.1, 0.15) is 51.7 Å². The van der Waals surface area contributed by atoms with Gasteiger partial charge >= 0.3 is 0 Å². The van der Waals surface area contributed by atoms with Crippen molar-refractivity contribution in [2.75, 3.05) is 0 Å². The van der Waals surface area contributed by atoms with Crippen LogP contribution >= 0.6 is 0 Å². The van der Waals surface area contributed by atoms with Crippen molar-refractivity contribution in [3.8, 4) is 18.2 Å². The van der Waals surface area contributed by atoms with Gasteiger partial charge in [0.15, 0.2) is 5.41 Å². The number of ether oxygens (including phenoxy) is 2. The molecule has 3 fully saturated rings. The summed E-state index contributed by atoms with van der Waals surface area (Å²) < 4.78 is 12.4. The van der Waals surface area contributed by atoms with Gasteiger partial charge in [-0.05, 0) is 29.7 Å². The second-order valence-electron chi connectivity index (χ2n) is 9.49. The Bertz CT molecular complexity index is 963. The van der Waals surface area contributed by atoms with Crippen LogP contribution in [0, 0.1) is 67.5 Å². The summed E-state index contributed by atoms with van der Waals surface area (Å²) in [6.07, 6.45) is 0.972. The number of hydrogen-bond acceptors (Lipinski definition) is 6. The molecule has 4 rings (SSSR count). The molecule has 6 heteroatoms. The van der Waals surface area contributed by atoms with E-state index in [1.54, 1.807) is 12.1 Å². The zero-order valence-electron chi connectivity index (χ0n) is 16.9. The van der Waals surface area contributed by atoms with Gasteiger partial charge in [-0.15, -0.1) is 0 Å².